The van der Waals surface area contributed by atoms with Crippen molar-refractivity contribution in [2.45, 2.75) is 44.4 Å². The van der Waals surface area contributed by atoms with Crippen LogP contribution in [0.25, 0.3) is 0 Å². The second-order valence-corrected chi connectivity index (χ2v) is 4.89. The van der Waals surface area contributed by atoms with Gasteiger partial charge < -0.3 is 14.3 Å². The van der Waals surface area contributed by atoms with Gasteiger partial charge in [-0.3, -0.25) is 0 Å². The molecule has 0 aromatic carbocycles. The number of halogens is 4. The summed E-state index contributed by atoms with van der Waals surface area (Å²) >= 11 is 0. The number of unbranched alkanes of at least 4 members (excludes halogenated alkanes) is 3. The Morgan fingerprint density at radius 3 is 2.33 bits per heavy atom. The van der Waals surface area contributed by atoms with Crippen LogP contribution in [0.2, 0.25) is 0 Å². The first-order valence-electron chi connectivity index (χ1n) is 7.22. The molecule has 0 aromatic heterocycles. The Bertz CT molecular complexity index is 469. The van der Waals surface area contributed by atoms with Gasteiger partial charge in [0.15, 0.2) is 0 Å². The Morgan fingerprint density at radius 2 is 1.79 bits per heavy atom. The molecule has 0 amide bonds. The van der Waals surface area contributed by atoms with E-state index in [1.54, 1.807) is 0 Å². The van der Waals surface area contributed by atoms with Crippen molar-refractivity contribution in [3.8, 4) is 0 Å². The van der Waals surface area contributed by atoms with E-state index in [0.29, 0.717) is 25.7 Å². The summed E-state index contributed by atoms with van der Waals surface area (Å²) in [5.74, 6) is -3.06. The maximum absolute atomic E-state index is 12.4. The largest absolute Gasteiger partial charge is 0.490 e. The van der Waals surface area contributed by atoms with E-state index >= 15 is 0 Å². The van der Waals surface area contributed by atoms with E-state index in [9.17, 15) is 27.2 Å². The SMILES string of the molecule is C=C(F)/C=C\C(=C)OCC(CCCCCC=O)OC(=O)C(F)(F)F. The molecule has 24 heavy (non-hydrogen) atoms. The number of esters is 1. The first-order chi connectivity index (χ1) is 11.2. The van der Waals surface area contributed by atoms with Gasteiger partial charge in [-0.25, -0.2) is 9.18 Å². The zero-order valence-corrected chi connectivity index (χ0v) is 13.1. The zero-order valence-electron chi connectivity index (χ0n) is 13.1. The van der Waals surface area contributed by atoms with Crippen LogP contribution >= 0.6 is 0 Å². The van der Waals surface area contributed by atoms with Gasteiger partial charge in [0.25, 0.3) is 0 Å². The van der Waals surface area contributed by atoms with Crippen LogP contribution in [0.1, 0.15) is 32.1 Å². The van der Waals surface area contributed by atoms with Crippen LogP contribution in [-0.4, -0.2) is 31.1 Å². The van der Waals surface area contributed by atoms with Gasteiger partial charge in [0.1, 0.15) is 30.6 Å². The standard InChI is InChI=1S/C16H20F4O4/c1-12(17)8-9-13(2)23-11-14(7-5-3-4-6-10-21)24-15(22)16(18,19)20/h8-10,14H,1-7,11H2/b9-8-. The number of ether oxygens (including phenoxy) is 2. The van der Waals surface area contributed by atoms with E-state index in [1.807, 2.05) is 0 Å². The molecule has 0 aliphatic rings. The van der Waals surface area contributed by atoms with E-state index in [-0.39, 0.29) is 18.8 Å². The van der Waals surface area contributed by atoms with Gasteiger partial charge in [0, 0.05) is 6.42 Å². The van der Waals surface area contributed by atoms with Gasteiger partial charge in [-0.1, -0.05) is 19.6 Å². The minimum Gasteiger partial charge on any atom is -0.490 e. The van der Waals surface area contributed by atoms with Crippen molar-refractivity contribution in [1.82, 2.24) is 0 Å². The molecule has 0 bridgehead atoms. The summed E-state index contributed by atoms with van der Waals surface area (Å²) in [5, 5.41) is 0. The van der Waals surface area contributed by atoms with Crippen molar-refractivity contribution in [2.75, 3.05) is 6.61 Å². The average molecular weight is 352 g/mol. The molecule has 0 N–H and O–H groups in total. The molecule has 0 fully saturated rings. The number of hydrogen-bond acceptors (Lipinski definition) is 4. The van der Waals surface area contributed by atoms with Crippen LogP contribution in [0.15, 0.2) is 36.9 Å². The average Bonchev–Trinajstić information content (AvgIpc) is 2.48. The normalized spacial score (nSPS) is 12.7. The summed E-state index contributed by atoms with van der Waals surface area (Å²) in [7, 11) is 0. The van der Waals surface area contributed by atoms with Crippen molar-refractivity contribution < 1.29 is 36.6 Å². The van der Waals surface area contributed by atoms with Crippen LogP contribution in [0.4, 0.5) is 17.6 Å². The fraction of sp³-hybridized carbons (Fsp3) is 0.500. The number of hydrogen-bond donors (Lipinski definition) is 0. The Morgan fingerprint density at radius 1 is 1.12 bits per heavy atom. The van der Waals surface area contributed by atoms with Crippen LogP contribution in [-0.2, 0) is 19.1 Å². The molecule has 136 valence electrons. The van der Waals surface area contributed by atoms with Gasteiger partial charge in [0.2, 0.25) is 0 Å². The second kappa shape index (κ2) is 11.4. The van der Waals surface area contributed by atoms with Crippen LogP contribution in [0.3, 0.4) is 0 Å². The maximum Gasteiger partial charge on any atom is 0.490 e. The predicted octanol–water partition coefficient (Wildman–Crippen LogP) is 4.18. The molecule has 0 rings (SSSR count). The molecule has 0 aliphatic carbocycles. The number of carbonyl (C=O) groups excluding carboxylic acids is 2. The molecule has 4 nitrogen and oxygen atoms in total. The maximum atomic E-state index is 12.4. The number of alkyl halides is 3. The quantitative estimate of drug-likeness (QED) is 0.132. The monoisotopic (exact) mass is 352 g/mol. The van der Waals surface area contributed by atoms with Crippen LogP contribution in [0, 0.1) is 0 Å². The summed E-state index contributed by atoms with van der Waals surface area (Å²) in [6, 6.07) is 0. The number of carbonyl (C=O) groups is 2. The highest BCUT2D eigenvalue weighted by Crippen LogP contribution is 2.20. The van der Waals surface area contributed by atoms with E-state index in [2.05, 4.69) is 17.9 Å². The minimum absolute atomic E-state index is 0.0113. The third-order valence-corrected chi connectivity index (χ3v) is 2.76. The molecule has 1 unspecified atom stereocenters. The minimum atomic E-state index is -5.10. The third kappa shape index (κ3) is 11.4. The van der Waals surface area contributed by atoms with Crippen molar-refractivity contribution in [3.05, 3.63) is 36.9 Å². The van der Waals surface area contributed by atoms with E-state index in [4.69, 9.17) is 4.74 Å². The lowest BCUT2D eigenvalue weighted by atomic mass is 10.1. The second-order valence-electron chi connectivity index (χ2n) is 4.89. The molecule has 1 atom stereocenters. The lowest BCUT2D eigenvalue weighted by Gasteiger charge is -2.19. The fourth-order valence-electron chi connectivity index (χ4n) is 1.60. The zero-order chi connectivity index (χ0) is 18.6. The van der Waals surface area contributed by atoms with Crippen LogP contribution < -0.4 is 0 Å². The predicted molar refractivity (Wildman–Crippen MR) is 79.6 cm³/mol. The van der Waals surface area contributed by atoms with E-state index in [0.717, 1.165) is 18.4 Å². The van der Waals surface area contributed by atoms with Crippen molar-refractivity contribution in [2.24, 2.45) is 0 Å². The summed E-state index contributed by atoms with van der Waals surface area (Å²) in [6.07, 6.45) is -1.22. The summed E-state index contributed by atoms with van der Waals surface area (Å²) in [4.78, 5) is 21.1. The summed E-state index contributed by atoms with van der Waals surface area (Å²) < 4.78 is 58.7. The summed E-state index contributed by atoms with van der Waals surface area (Å²) in [5.41, 5.74) is 0. The number of aldehydes is 1. The number of allylic oxidation sites excluding steroid dienone is 3. The molecule has 8 heteroatoms. The molecule has 0 heterocycles. The van der Waals surface area contributed by atoms with E-state index < -0.39 is 24.1 Å². The smallest absolute Gasteiger partial charge is 0.490 e. The first kappa shape index (κ1) is 21.9. The highest BCUT2D eigenvalue weighted by atomic mass is 19.4. The molecule has 0 radical (unpaired) electrons. The molecule has 0 saturated heterocycles. The van der Waals surface area contributed by atoms with Gasteiger partial charge in [-0.15, -0.1) is 0 Å². The van der Waals surface area contributed by atoms with Crippen molar-refractivity contribution in [3.63, 3.8) is 0 Å². The first-order valence-corrected chi connectivity index (χ1v) is 7.22. The Labute approximate surface area is 137 Å². The van der Waals surface area contributed by atoms with Crippen molar-refractivity contribution >= 4 is 12.3 Å². The Hall–Kier alpha value is -2.12. The molecule has 0 spiro atoms. The molecule has 0 saturated carbocycles. The number of rotatable bonds is 12. The van der Waals surface area contributed by atoms with Crippen LogP contribution in [0.5, 0.6) is 0 Å². The van der Waals surface area contributed by atoms with Gasteiger partial charge >= 0.3 is 12.1 Å². The summed E-state index contributed by atoms with van der Waals surface area (Å²) in [6.45, 7) is 6.06. The van der Waals surface area contributed by atoms with Crippen molar-refractivity contribution in [1.29, 1.82) is 0 Å². The highest BCUT2D eigenvalue weighted by molar-refractivity contribution is 5.75. The lowest BCUT2D eigenvalue weighted by molar-refractivity contribution is -0.206. The lowest BCUT2D eigenvalue weighted by Crippen LogP contribution is -2.32. The third-order valence-electron chi connectivity index (χ3n) is 2.76. The molecular weight excluding hydrogens is 332 g/mol. The van der Waals surface area contributed by atoms with Gasteiger partial charge in [0.05, 0.1) is 0 Å². The Balaban J connectivity index is 4.50. The molecule has 0 aliphatic heterocycles. The van der Waals surface area contributed by atoms with E-state index in [1.165, 1.54) is 0 Å². The molecular formula is C16H20F4O4. The highest BCUT2D eigenvalue weighted by Gasteiger charge is 2.42. The topological polar surface area (TPSA) is 52.6 Å². The molecule has 0 aromatic rings. The fourth-order valence-corrected chi connectivity index (χ4v) is 1.60. The Kier molecular flexibility index (Phi) is 10.4. The van der Waals surface area contributed by atoms with Gasteiger partial charge in [-0.2, -0.15) is 13.2 Å². The van der Waals surface area contributed by atoms with Gasteiger partial charge in [-0.05, 0) is 31.4 Å².